The monoisotopic (exact) mass is 340 g/mol. The second-order valence-electron chi connectivity index (χ2n) is 6.97. The maximum absolute atomic E-state index is 14.3. The lowest BCUT2D eigenvalue weighted by atomic mass is 10.00. The first kappa shape index (κ1) is 17.9. The molecule has 3 heteroatoms. The van der Waals surface area contributed by atoms with Gasteiger partial charge in [0.1, 0.15) is 5.82 Å². The molecular weight excluding hydrogens is 311 g/mol. The topological polar surface area (TPSA) is 6.48 Å². The van der Waals surface area contributed by atoms with E-state index in [1.54, 1.807) is 6.07 Å². The molecule has 0 N–H and O–H groups in total. The van der Waals surface area contributed by atoms with E-state index in [0.29, 0.717) is 11.6 Å². The van der Waals surface area contributed by atoms with E-state index in [1.807, 2.05) is 31.2 Å². The van der Waals surface area contributed by atoms with Crippen LogP contribution in [0.4, 0.5) is 10.1 Å². The van der Waals surface area contributed by atoms with Gasteiger partial charge in [0.25, 0.3) is 0 Å². The van der Waals surface area contributed by atoms with Crippen molar-refractivity contribution in [2.45, 2.75) is 39.7 Å². The van der Waals surface area contributed by atoms with Gasteiger partial charge in [0.05, 0.1) is 0 Å². The van der Waals surface area contributed by atoms with Gasteiger partial charge in [0, 0.05) is 30.4 Å². The molecule has 0 bridgehead atoms. The van der Waals surface area contributed by atoms with Crippen LogP contribution in [0.5, 0.6) is 0 Å². The van der Waals surface area contributed by atoms with Crippen molar-refractivity contribution < 1.29 is 4.39 Å². The Bertz CT molecular complexity index is 701. The Hall–Kier alpha value is -1.87. The molecule has 2 aromatic carbocycles. The lowest BCUT2D eigenvalue weighted by Crippen LogP contribution is -2.44. The van der Waals surface area contributed by atoms with Gasteiger partial charge in [-0.2, -0.15) is 0 Å². The first-order chi connectivity index (χ1) is 12.1. The van der Waals surface area contributed by atoms with Crippen LogP contribution < -0.4 is 4.90 Å². The fraction of sp³-hybridized carbons (Fsp3) is 0.455. The molecule has 25 heavy (non-hydrogen) atoms. The molecule has 1 heterocycles. The average Bonchev–Trinajstić information content (AvgIpc) is 2.63. The smallest absolute Gasteiger partial charge is 0.131 e. The summed E-state index contributed by atoms with van der Waals surface area (Å²) in [4.78, 5) is 5.00. The molecule has 0 aromatic heterocycles. The number of rotatable bonds is 5. The maximum atomic E-state index is 14.3. The number of hydrogen-bond donors (Lipinski definition) is 0. The van der Waals surface area contributed by atoms with Crippen LogP contribution in [-0.4, -0.2) is 37.1 Å². The molecule has 0 radical (unpaired) electrons. The van der Waals surface area contributed by atoms with Crippen LogP contribution in [0.15, 0.2) is 42.5 Å². The van der Waals surface area contributed by atoms with Crippen LogP contribution >= 0.6 is 0 Å². The molecule has 1 aliphatic heterocycles. The third kappa shape index (κ3) is 4.04. The molecule has 0 saturated carbocycles. The summed E-state index contributed by atoms with van der Waals surface area (Å²) < 4.78 is 14.3. The molecule has 3 rings (SSSR count). The Balaban J connectivity index is 1.74. The van der Waals surface area contributed by atoms with Gasteiger partial charge in [0.15, 0.2) is 0 Å². The number of piperidine rings is 1. The van der Waals surface area contributed by atoms with E-state index >= 15 is 0 Å². The summed E-state index contributed by atoms with van der Waals surface area (Å²) in [5.41, 5.74) is 3.80. The van der Waals surface area contributed by atoms with Crippen LogP contribution in [0.2, 0.25) is 0 Å². The molecule has 0 unspecified atom stereocenters. The molecular formula is C22H29FN2. The molecule has 1 aliphatic rings. The van der Waals surface area contributed by atoms with Crippen LogP contribution in [0, 0.1) is 12.7 Å². The third-order valence-corrected chi connectivity index (χ3v) is 5.44. The van der Waals surface area contributed by atoms with Crippen molar-refractivity contribution in [3.63, 3.8) is 0 Å². The quantitative estimate of drug-likeness (QED) is 0.746. The fourth-order valence-corrected chi connectivity index (χ4v) is 3.95. The van der Waals surface area contributed by atoms with E-state index in [9.17, 15) is 4.39 Å². The standard InChI is InChI=1S/C22H29FN2/c1-4-24(5-2)19-11-13-25(14-12-19)20-8-6-7-18(16-20)21-10-9-17(3)15-22(21)23/h6-10,15-16,19H,4-5,11-14H2,1-3H3. The molecule has 2 nitrogen and oxygen atoms in total. The van der Waals surface area contributed by atoms with Crippen molar-refractivity contribution in [1.29, 1.82) is 0 Å². The van der Waals surface area contributed by atoms with E-state index in [1.165, 1.54) is 18.5 Å². The van der Waals surface area contributed by atoms with E-state index < -0.39 is 0 Å². The van der Waals surface area contributed by atoms with Gasteiger partial charge in [-0.15, -0.1) is 0 Å². The minimum Gasteiger partial charge on any atom is -0.371 e. The lowest BCUT2D eigenvalue weighted by Gasteiger charge is -2.38. The van der Waals surface area contributed by atoms with Gasteiger partial charge in [-0.1, -0.05) is 38.1 Å². The second kappa shape index (κ2) is 8.01. The predicted molar refractivity (Wildman–Crippen MR) is 105 cm³/mol. The van der Waals surface area contributed by atoms with Crippen LogP contribution in [-0.2, 0) is 0 Å². The molecule has 0 amide bonds. The first-order valence-corrected chi connectivity index (χ1v) is 9.48. The number of aryl methyl sites for hydroxylation is 1. The summed E-state index contributed by atoms with van der Waals surface area (Å²) in [5.74, 6) is -0.141. The van der Waals surface area contributed by atoms with Crippen molar-refractivity contribution in [2.75, 3.05) is 31.1 Å². The van der Waals surface area contributed by atoms with Crippen LogP contribution in [0.3, 0.4) is 0 Å². The highest BCUT2D eigenvalue weighted by molar-refractivity contribution is 5.69. The minimum atomic E-state index is -0.141. The number of halogens is 1. The lowest BCUT2D eigenvalue weighted by molar-refractivity contribution is 0.186. The summed E-state index contributed by atoms with van der Waals surface area (Å²) in [6.45, 7) is 10.8. The summed E-state index contributed by atoms with van der Waals surface area (Å²) >= 11 is 0. The van der Waals surface area contributed by atoms with Crippen molar-refractivity contribution >= 4 is 5.69 Å². The first-order valence-electron chi connectivity index (χ1n) is 9.48. The Kier molecular flexibility index (Phi) is 5.74. The zero-order valence-electron chi connectivity index (χ0n) is 15.6. The van der Waals surface area contributed by atoms with Crippen LogP contribution in [0.1, 0.15) is 32.3 Å². The SMILES string of the molecule is CCN(CC)C1CCN(c2cccc(-c3ccc(C)cc3F)c2)CC1. The number of nitrogens with zero attached hydrogens (tertiary/aromatic N) is 2. The Morgan fingerprint density at radius 3 is 2.40 bits per heavy atom. The number of hydrogen-bond acceptors (Lipinski definition) is 2. The Morgan fingerprint density at radius 2 is 1.76 bits per heavy atom. The molecule has 134 valence electrons. The zero-order chi connectivity index (χ0) is 17.8. The van der Waals surface area contributed by atoms with Gasteiger partial charge in [-0.3, -0.25) is 0 Å². The van der Waals surface area contributed by atoms with E-state index in [-0.39, 0.29) is 5.82 Å². The summed E-state index contributed by atoms with van der Waals surface area (Å²) in [6, 6.07) is 14.5. The Labute approximate surface area is 151 Å². The summed E-state index contributed by atoms with van der Waals surface area (Å²) in [6.07, 6.45) is 2.40. The van der Waals surface area contributed by atoms with Gasteiger partial charge < -0.3 is 9.80 Å². The van der Waals surface area contributed by atoms with Gasteiger partial charge in [0.2, 0.25) is 0 Å². The number of anilines is 1. The van der Waals surface area contributed by atoms with Crippen molar-refractivity contribution in [3.05, 3.63) is 53.8 Å². The van der Waals surface area contributed by atoms with Crippen molar-refractivity contribution in [2.24, 2.45) is 0 Å². The van der Waals surface area contributed by atoms with Crippen molar-refractivity contribution in [3.8, 4) is 11.1 Å². The zero-order valence-corrected chi connectivity index (χ0v) is 15.6. The average molecular weight is 340 g/mol. The van der Waals surface area contributed by atoms with Crippen molar-refractivity contribution in [1.82, 2.24) is 4.90 Å². The Morgan fingerprint density at radius 1 is 1.04 bits per heavy atom. The highest BCUT2D eigenvalue weighted by atomic mass is 19.1. The normalized spacial score (nSPS) is 15.8. The molecule has 0 spiro atoms. The fourth-order valence-electron chi connectivity index (χ4n) is 3.95. The molecule has 1 fully saturated rings. The third-order valence-electron chi connectivity index (χ3n) is 5.44. The molecule has 0 atom stereocenters. The molecule has 2 aromatic rings. The largest absolute Gasteiger partial charge is 0.371 e. The predicted octanol–water partition coefficient (Wildman–Crippen LogP) is 5.11. The van der Waals surface area contributed by atoms with E-state index in [0.717, 1.165) is 37.3 Å². The molecule has 0 aliphatic carbocycles. The van der Waals surface area contributed by atoms with Crippen LogP contribution in [0.25, 0.3) is 11.1 Å². The highest BCUT2D eigenvalue weighted by Gasteiger charge is 2.23. The van der Waals surface area contributed by atoms with E-state index in [2.05, 4.69) is 35.8 Å². The number of benzene rings is 2. The van der Waals surface area contributed by atoms with Gasteiger partial charge in [-0.05, 0) is 62.2 Å². The summed E-state index contributed by atoms with van der Waals surface area (Å²) in [5, 5.41) is 0. The van der Waals surface area contributed by atoms with Gasteiger partial charge in [-0.25, -0.2) is 4.39 Å². The second-order valence-corrected chi connectivity index (χ2v) is 6.97. The summed E-state index contributed by atoms with van der Waals surface area (Å²) in [7, 11) is 0. The molecule has 1 saturated heterocycles. The van der Waals surface area contributed by atoms with Gasteiger partial charge >= 0.3 is 0 Å². The van der Waals surface area contributed by atoms with E-state index in [4.69, 9.17) is 0 Å². The highest BCUT2D eigenvalue weighted by Crippen LogP contribution is 2.29. The minimum absolute atomic E-state index is 0.141. The maximum Gasteiger partial charge on any atom is 0.131 e.